The largest absolute Gasteiger partial charge is 0.273 e. The summed E-state index contributed by atoms with van der Waals surface area (Å²) in [5.74, 6) is 1.54. The van der Waals surface area contributed by atoms with Crippen molar-refractivity contribution in [1.82, 2.24) is 0 Å². The van der Waals surface area contributed by atoms with Crippen LogP contribution < -0.4 is 9.47 Å². The van der Waals surface area contributed by atoms with Crippen LogP contribution in [0.3, 0.4) is 0 Å². The fraction of sp³-hybridized carbons (Fsp3) is 0.348. The van der Waals surface area contributed by atoms with Gasteiger partial charge in [-0.25, -0.2) is 12.2 Å². The van der Waals surface area contributed by atoms with E-state index in [9.17, 15) is 0 Å². The maximum atomic E-state index is 5.61. The molecule has 0 N–H and O–H groups in total. The molecule has 0 saturated carbocycles. The smallest absolute Gasteiger partial charge is 0.109 e. The van der Waals surface area contributed by atoms with Gasteiger partial charge in [0.25, 0.3) is 0 Å². The van der Waals surface area contributed by atoms with Crippen molar-refractivity contribution < 1.29 is 29.4 Å². The van der Waals surface area contributed by atoms with Gasteiger partial charge in [0.2, 0.25) is 0 Å². The molecule has 0 aromatic heterocycles. The Hall–Kier alpha value is -1.64. The Balaban J connectivity index is 0.000000566. The number of rotatable bonds is 4. The molecule has 0 bridgehead atoms. The molecule has 0 amide bonds. The predicted molar refractivity (Wildman–Crippen MR) is 109 cm³/mol. The fourth-order valence-corrected chi connectivity index (χ4v) is 1.68. The number of allylic oxidation sites excluding steroid dienone is 6. The molecule has 0 saturated heterocycles. The molecule has 1 aliphatic carbocycles. The van der Waals surface area contributed by atoms with Gasteiger partial charge in [0.15, 0.2) is 0 Å². The van der Waals surface area contributed by atoms with E-state index in [0.29, 0.717) is 0 Å². The maximum Gasteiger partial charge on any atom is -0.109 e. The van der Waals surface area contributed by atoms with Crippen molar-refractivity contribution in [3.05, 3.63) is 73.1 Å². The Bertz CT molecular complexity index is 632. The van der Waals surface area contributed by atoms with Crippen LogP contribution in [-0.2, 0) is 20.0 Å². The van der Waals surface area contributed by atoms with E-state index in [4.69, 9.17) is 9.47 Å². The average molecular weight is 387 g/mol. The van der Waals surface area contributed by atoms with Gasteiger partial charge in [-0.2, -0.15) is 6.08 Å². The van der Waals surface area contributed by atoms with Gasteiger partial charge in [0.05, 0.1) is 13.4 Å². The van der Waals surface area contributed by atoms with Crippen molar-refractivity contribution in [2.75, 3.05) is 7.11 Å². The molecule has 26 heavy (non-hydrogen) atoms. The predicted octanol–water partition coefficient (Wildman–Crippen LogP) is 6.24. The third-order valence-electron chi connectivity index (χ3n) is 3.03. The van der Waals surface area contributed by atoms with Crippen LogP contribution in [0, 0.1) is 11.5 Å². The fourth-order valence-electron chi connectivity index (χ4n) is 1.68. The monoisotopic (exact) mass is 387 g/mol. The molecule has 2 rings (SSSR count). The zero-order valence-corrected chi connectivity index (χ0v) is 18.5. The summed E-state index contributed by atoms with van der Waals surface area (Å²) in [7, 11) is 1.64. The number of hydrogen-bond acceptors (Lipinski definition) is 2. The number of ether oxygens (including phenoxy) is 2. The minimum Gasteiger partial charge on any atom is -0.273 e. The summed E-state index contributed by atoms with van der Waals surface area (Å²) in [4.78, 5) is 0. The zero-order chi connectivity index (χ0) is 20.0. The maximum absolute atomic E-state index is 5.61. The Morgan fingerprint density at radius 1 is 1.23 bits per heavy atom. The van der Waals surface area contributed by atoms with Crippen molar-refractivity contribution in [3.8, 4) is 11.5 Å². The second-order valence-corrected chi connectivity index (χ2v) is 8.39. The molecular formula is C23H31O2Ti. The third-order valence-corrected chi connectivity index (χ3v) is 3.03. The van der Waals surface area contributed by atoms with Crippen molar-refractivity contribution in [2.45, 2.75) is 41.0 Å². The first-order valence-electron chi connectivity index (χ1n) is 8.58. The van der Waals surface area contributed by atoms with E-state index in [-0.39, 0.29) is 5.41 Å². The number of benzene rings is 1. The molecule has 0 fully saturated rings. The van der Waals surface area contributed by atoms with Crippen LogP contribution >= 0.6 is 0 Å². The van der Waals surface area contributed by atoms with E-state index >= 15 is 0 Å². The summed E-state index contributed by atoms with van der Waals surface area (Å²) in [5.41, 5.74) is 1.08. The molecule has 0 unspecified atom stereocenters. The molecule has 139 valence electrons. The Morgan fingerprint density at radius 2 is 1.85 bits per heavy atom. The summed E-state index contributed by atoms with van der Waals surface area (Å²) < 4.78 is 12.2. The van der Waals surface area contributed by atoms with Crippen LogP contribution in [0.4, 0.5) is 0 Å². The molecule has 0 atom stereocenters. The molecule has 1 aromatic carbocycles. The number of methoxy groups -OCH3 is 1. The van der Waals surface area contributed by atoms with Gasteiger partial charge < -0.3 is 9.47 Å². The Kier molecular flexibility index (Phi) is 12.7. The summed E-state index contributed by atoms with van der Waals surface area (Å²) in [6.07, 6.45) is 13.6. The van der Waals surface area contributed by atoms with Gasteiger partial charge in [-0.05, 0) is 23.1 Å². The second kappa shape index (κ2) is 13.6. The van der Waals surface area contributed by atoms with Gasteiger partial charge in [-0.1, -0.05) is 39.5 Å². The normalized spacial score (nSPS) is 12.4. The molecule has 1 aromatic rings. The van der Waals surface area contributed by atoms with E-state index in [2.05, 4.69) is 73.3 Å². The van der Waals surface area contributed by atoms with Crippen molar-refractivity contribution in [2.24, 2.45) is 5.41 Å². The van der Waals surface area contributed by atoms with Gasteiger partial charge in [0.1, 0.15) is 11.5 Å². The average Bonchev–Trinajstić information content (AvgIpc) is 3.13. The van der Waals surface area contributed by atoms with E-state index in [1.54, 1.807) is 13.4 Å². The third kappa shape index (κ3) is 12.7. The van der Waals surface area contributed by atoms with Crippen molar-refractivity contribution in [1.29, 1.82) is 0 Å². The van der Waals surface area contributed by atoms with Gasteiger partial charge in [-0.3, -0.25) is 6.08 Å². The standard InChI is InChI=1S/C15H20O2.C5H5.C3H6.Ti/c1-6-12(15(2,3)4)11-17-14-9-7-8-13(10-14)16-5;1-2-4-5-3-1;1-3-2;/h6-11H,1H2,2-5H3;1-3H,4H2;1-2H3;/q;-1;;+1. The van der Waals surface area contributed by atoms with Crippen LogP contribution in [0.5, 0.6) is 11.5 Å². The van der Waals surface area contributed by atoms with Crippen LogP contribution in [0.25, 0.3) is 0 Å². The summed E-state index contributed by atoms with van der Waals surface area (Å²) in [6.45, 7) is 14.3. The molecule has 0 aliphatic heterocycles. The SMILES string of the molecule is C=CC(=COc1cccc(OC)c1)C(C)(C)C.C[C](C)=[Ti+].[C-]1=CC=CC1. The molecule has 0 spiro atoms. The molecule has 0 radical (unpaired) electrons. The minimum absolute atomic E-state index is 0.0284. The summed E-state index contributed by atoms with van der Waals surface area (Å²) in [5, 5.41) is 0. The molecule has 0 heterocycles. The van der Waals surface area contributed by atoms with E-state index in [1.807, 2.05) is 42.5 Å². The topological polar surface area (TPSA) is 18.5 Å². The Labute approximate surface area is 171 Å². The van der Waals surface area contributed by atoms with Crippen LogP contribution in [0.1, 0.15) is 41.0 Å². The van der Waals surface area contributed by atoms with Crippen LogP contribution in [0.2, 0.25) is 0 Å². The van der Waals surface area contributed by atoms with Crippen LogP contribution in [0.15, 0.2) is 67.0 Å². The van der Waals surface area contributed by atoms with Crippen molar-refractivity contribution in [3.63, 3.8) is 0 Å². The van der Waals surface area contributed by atoms with E-state index in [0.717, 1.165) is 23.5 Å². The zero-order valence-electron chi connectivity index (χ0n) is 16.9. The van der Waals surface area contributed by atoms with Gasteiger partial charge >= 0.3 is 37.6 Å². The quantitative estimate of drug-likeness (QED) is 0.263. The summed E-state index contributed by atoms with van der Waals surface area (Å²) >= 11 is 2.08. The first-order valence-corrected chi connectivity index (χ1v) is 9.36. The van der Waals surface area contributed by atoms with Gasteiger partial charge in [-0.15, -0.1) is 6.42 Å². The molecule has 1 aliphatic rings. The molecule has 2 nitrogen and oxygen atoms in total. The number of hydrogen-bond donors (Lipinski definition) is 0. The Morgan fingerprint density at radius 3 is 2.23 bits per heavy atom. The summed E-state index contributed by atoms with van der Waals surface area (Å²) in [6, 6.07) is 7.52. The molecule has 3 heteroatoms. The second-order valence-electron chi connectivity index (χ2n) is 6.83. The van der Waals surface area contributed by atoms with Crippen molar-refractivity contribution >= 4 is 3.81 Å². The first kappa shape index (κ1) is 24.4. The van der Waals surface area contributed by atoms with Crippen LogP contribution in [-0.4, -0.2) is 10.9 Å². The van der Waals surface area contributed by atoms with E-state index in [1.165, 1.54) is 3.81 Å². The van der Waals surface area contributed by atoms with E-state index < -0.39 is 0 Å². The minimum atomic E-state index is 0.0284. The molecular weight excluding hydrogens is 356 g/mol. The van der Waals surface area contributed by atoms with Gasteiger partial charge in [0, 0.05) is 6.07 Å². The first-order chi connectivity index (χ1) is 12.2.